The molecule has 0 atom stereocenters. The normalized spacial score (nSPS) is 10.4. The van der Waals surface area contributed by atoms with Crippen molar-refractivity contribution in [2.45, 2.75) is 32.2 Å². The van der Waals surface area contributed by atoms with Crippen LogP contribution in [0.3, 0.4) is 0 Å². The third-order valence-corrected chi connectivity index (χ3v) is 4.60. The zero-order chi connectivity index (χ0) is 15.3. The summed E-state index contributed by atoms with van der Waals surface area (Å²) in [5, 5.41) is 3.66. The molecule has 0 bridgehead atoms. The van der Waals surface area contributed by atoms with E-state index in [1.165, 1.54) is 11.3 Å². The molecule has 0 unspecified atom stereocenters. The number of hydrogen-bond donors (Lipinski definition) is 2. The molecular formula is C14H21Cl2N5OS. The summed E-state index contributed by atoms with van der Waals surface area (Å²) in [5.41, 5.74) is 5.45. The summed E-state index contributed by atoms with van der Waals surface area (Å²) in [6.45, 7) is 4.46. The highest BCUT2D eigenvalue weighted by atomic mass is 35.5. The van der Waals surface area contributed by atoms with Gasteiger partial charge in [-0.25, -0.2) is 15.0 Å². The highest BCUT2D eigenvalue weighted by molar-refractivity contribution is 7.16. The molecule has 6 nitrogen and oxygen atoms in total. The van der Waals surface area contributed by atoms with Gasteiger partial charge in [0.2, 0.25) is 0 Å². The predicted octanol–water partition coefficient (Wildman–Crippen LogP) is 2.69. The van der Waals surface area contributed by atoms with Crippen molar-refractivity contribution in [2.24, 2.45) is 5.73 Å². The molecule has 2 rings (SSSR count). The van der Waals surface area contributed by atoms with Gasteiger partial charge in [0, 0.05) is 18.9 Å². The molecule has 1 amide bonds. The van der Waals surface area contributed by atoms with Gasteiger partial charge in [-0.3, -0.25) is 4.79 Å². The molecule has 2 aromatic rings. The summed E-state index contributed by atoms with van der Waals surface area (Å²) >= 11 is 1.28. The van der Waals surface area contributed by atoms with Gasteiger partial charge in [-0.15, -0.1) is 36.2 Å². The van der Waals surface area contributed by atoms with Gasteiger partial charge in [0.25, 0.3) is 5.91 Å². The van der Waals surface area contributed by atoms with Crippen molar-refractivity contribution in [3.05, 3.63) is 29.5 Å². The molecule has 0 radical (unpaired) electrons. The molecule has 0 aromatic carbocycles. The van der Waals surface area contributed by atoms with E-state index in [1.54, 1.807) is 24.7 Å². The van der Waals surface area contributed by atoms with Crippen LogP contribution in [0.1, 0.15) is 36.4 Å². The number of hydrogen-bond acceptors (Lipinski definition) is 6. The number of nitrogens with zero attached hydrogens (tertiary/aromatic N) is 3. The molecule has 3 N–H and O–H groups in total. The second-order valence-corrected chi connectivity index (χ2v) is 5.78. The van der Waals surface area contributed by atoms with Crippen molar-refractivity contribution >= 4 is 42.1 Å². The van der Waals surface area contributed by atoms with E-state index in [1.807, 2.05) is 13.8 Å². The second kappa shape index (κ2) is 9.77. The molecular weight excluding hydrogens is 357 g/mol. The first-order valence-electron chi connectivity index (χ1n) is 6.90. The Balaban J connectivity index is 0.00000242. The number of rotatable bonds is 6. The van der Waals surface area contributed by atoms with Crippen LogP contribution in [-0.2, 0) is 0 Å². The number of amides is 1. The van der Waals surface area contributed by atoms with E-state index in [9.17, 15) is 4.79 Å². The summed E-state index contributed by atoms with van der Waals surface area (Å²) in [6.07, 6.45) is 6.44. The SMILES string of the molecule is CCC(CC)(CN)NC(=O)c1cnc(-c2ncccn2)s1.Cl.Cl. The smallest absolute Gasteiger partial charge is 0.263 e. The monoisotopic (exact) mass is 377 g/mol. The number of carbonyl (C=O) groups is 1. The Bertz CT molecular complexity index is 596. The number of nitrogens with one attached hydrogen (secondary N) is 1. The largest absolute Gasteiger partial charge is 0.345 e. The van der Waals surface area contributed by atoms with Crippen LogP contribution in [0.4, 0.5) is 0 Å². The molecule has 23 heavy (non-hydrogen) atoms. The minimum Gasteiger partial charge on any atom is -0.345 e. The van der Waals surface area contributed by atoms with E-state index < -0.39 is 0 Å². The third-order valence-electron chi connectivity index (χ3n) is 3.61. The molecule has 0 saturated heterocycles. The van der Waals surface area contributed by atoms with Crippen LogP contribution in [0.5, 0.6) is 0 Å². The molecule has 2 aromatic heterocycles. The molecule has 0 spiro atoms. The lowest BCUT2D eigenvalue weighted by Crippen LogP contribution is -2.52. The zero-order valence-corrected chi connectivity index (χ0v) is 15.4. The average molecular weight is 378 g/mol. The first kappa shape index (κ1) is 21.7. The maximum absolute atomic E-state index is 12.3. The summed E-state index contributed by atoms with van der Waals surface area (Å²) in [6, 6.07) is 1.74. The van der Waals surface area contributed by atoms with Crippen LogP contribution in [-0.4, -0.2) is 32.9 Å². The maximum atomic E-state index is 12.3. The highest BCUT2D eigenvalue weighted by Gasteiger charge is 2.27. The van der Waals surface area contributed by atoms with E-state index in [2.05, 4.69) is 20.3 Å². The van der Waals surface area contributed by atoms with Crippen molar-refractivity contribution in [3.8, 4) is 10.8 Å². The van der Waals surface area contributed by atoms with E-state index in [0.717, 1.165) is 12.8 Å². The Morgan fingerprint density at radius 1 is 1.22 bits per heavy atom. The molecule has 0 aliphatic heterocycles. The molecule has 128 valence electrons. The molecule has 0 saturated carbocycles. The van der Waals surface area contributed by atoms with E-state index in [-0.39, 0.29) is 36.3 Å². The predicted molar refractivity (Wildman–Crippen MR) is 97.5 cm³/mol. The summed E-state index contributed by atoms with van der Waals surface area (Å²) in [7, 11) is 0. The maximum Gasteiger partial charge on any atom is 0.263 e. The first-order valence-corrected chi connectivity index (χ1v) is 7.71. The topological polar surface area (TPSA) is 93.8 Å². The minimum absolute atomic E-state index is 0. The van der Waals surface area contributed by atoms with Gasteiger partial charge < -0.3 is 11.1 Å². The van der Waals surface area contributed by atoms with Gasteiger partial charge in [-0.05, 0) is 18.9 Å². The summed E-state index contributed by atoms with van der Waals surface area (Å²) in [5.74, 6) is 0.376. The lowest BCUT2D eigenvalue weighted by Gasteiger charge is -2.31. The van der Waals surface area contributed by atoms with Crippen LogP contribution < -0.4 is 11.1 Å². The lowest BCUT2D eigenvalue weighted by molar-refractivity contribution is 0.0899. The van der Waals surface area contributed by atoms with Crippen molar-refractivity contribution in [3.63, 3.8) is 0 Å². The van der Waals surface area contributed by atoms with Crippen LogP contribution in [0.2, 0.25) is 0 Å². The van der Waals surface area contributed by atoms with Crippen LogP contribution in [0, 0.1) is 0 Å². The Hall–Kier alpha value is -1.28. The zero-order valence-electron chi connectivity index (χ0n) is 13.0. The van der Waals surface area contributed by atoms with Crippen molar-refractivity contribution in [1.29, 1.82) is 0 Å². The number of nitrogens with two attached hydrogens (primary N) is 1. The Kier molecular flexibility index (Phi) is 9.23. The minimum atomic E-state index is -0.357. The van der Waals surface area contributed by atoms with Crippen LogP contribution in [0.25, 0.3) is 10.8 Å². The van der Waals surface area contributed by atoms with Crippen molar-refractivity contribution < 1.29 is 4.79 Å². The van der Waals surface area contributed by atoms with Crippen molar-refractivity contribution in [1.82, 2.24) is 20.3 Å². The van der Waals surface area contributed by atoms with Gasteiger partial charge in [0.15, 0.2) is 10.8 Å². The lowest BCUT2D eigenvalue weighted by atomic mass is 9.93. The molecule has 9 heteroatoms. The molecule has 0 fully saturated rings. The Labute approximate surface area is 152 Å². The second-order valence-electron chi connectivity index (χ2n) is 4.75. The Morgan fingerprint density at radius 3 is 2.35 bits per heavy atom. The number of carbonyl (C=O) groups excluding carboxylic acids is 1. The fourth-order valence-corrected chi connectivity index (χ4v) is 2.72. The molecule has 0 aliphatic carbocycles. The average Bonchev–Trinajstić information content (AvgIpc) is 3.04. The first-order chi connectivity index (χ1) is 10.1. The fraction of sp³-hybridized carbons (Fsp3) is 0.429. The van der Waals surface area contributed by atoms with Gasteiger partial charge in [-0.1, -0.05) is 13.8 Å². The van der Waals surface area contributed by atoms with E-state index >= 15 is 0 Å². The molecule has 0 aliphatic rings. The van der Waals surface area contributed by atoms with Crippen LogP contribution in [0.15, 0.2) is 24.7 Å². The van der Waals surface area contributed by atoms with Gasteiger partial charge in [0.1, 0.15) is 4.88 Å². The molecule has 2 heterocycles. The highest BCUT2D eigenvalue weighted by Crippen LogP contribution is 2.22. The third kappa shape index (κ3) is 5.10. The standard InChI is InChI=1S/C14H19N5OS.2ClH/c1-3-14(4-2,9-15)19-12(20)10-8-18-13(21-10)11-16-6-5-7-17-11;;/h5-8H,3-4,9,15H2,1-2H3,(H,19,20);2*1H. The van der Waals surface area contributed by atoms with E-state index in [0.29, 0.717) is 22.3 Å². The van der Waals surface area contributed by atoms with Gasteiger partial charge in [-0.2, -0.15) is 0 Å². The van der Waals surface area contributed by atoms with Gasteiger partial charge >= 0.3 is 0 Å². The summed E-state index contributed by atoms with van der Waals surface area (Å²) in [4.78, 5) is 25.4. The van der Waals surface area contributed by atoms with Crippen molar-refractivity contribution in [2.75, 3.05) is 6.54 Å². The fourth-order valence-electron chi connectivity index (χ4n) is 1.96. The van der Waals surface area contributed by atoms with Gasteiger partial charge in [0.05, 0.1) is 11.7 Å². The van der Waals surface area contributed by atoms with E-state index in [4.69, 9.17) is 5.73 Å². The summed E-state index contributed by atoms with van der Waals surface area (Å²) < 4.78 is 0. The quantitative estimate of drug-likeness (QED) is 0.806. The van der Waals surface area contributed by atoms with Crippen LogP contribution >= 0.6 is 36.2 Å². The number of aromatic nitrogens is 3. The Morgan fingerprint density at radius 2 is 1.83 bits per heavy atom. The number of halogens is 2. The number of thiazole rings is 1.